The molecule has 1 fully saturated rings. The molecule has 2 aliphatic heterocycles. The van der Waals surface area contributed by atoms with Crippen LogP contribution in [0.4, 0.5) is 33.7 Å². The molecule has 0 unspecified atom stereocenters. The summed E-state index contributed by atoms with van der Waals surface area (Å²) < 4.78 is 60.0. The lowest BCUT2D eigenvalue weighted by Gasteiger charge is -2.41. The number of aliphatic imine (C=N–C) groups is 1. The zero-order valence-electron chi connectivity index (χ0n) is 19.2. The monoisotopic (exact) mass is 498 g/mol. The van der Waals surface area contributed by atoms with Gasteiger partial charge in [-0.2, -0.15) is 13.2 Å². The van der Waals surface area contributed by atoms with Crippen molar-refractivity contribution >= 4 is 23.2 Å². The van der Waals surface area contributed by atoms with Crippen molar-refractivity contribution in [1.29, 1.82) is 0 Å². The van der Waals surface area contributed by atoms with Crippen molar-refractivity contribution in [3.05, 3.63) is 83.7 Å². The highest BCUT2D eigenvalue weighted by molar-refractivity contribution is 6.04. The molecule has 0 saturated carbocycles. The third kappa shape index (κ3) is 4.58. The Balaban J connectivity index is 1.43. The second-order valence-corrected chi connectivity index (χ2v) is 8.61. The first-order chi connectivity index (χ1) is 17.2. The van der Waals surface area contributed by atoms with Gasteiger partial charge in [0.2, 0.25) is 0 Å². The first-order valence-corrected chi connectivity index (χ1v) is 11.3. The predicted molar refractivity (Wildman–Crippen MR) is 127 cm³/mol. The van der Waals surface area contributed by atoms with Crippen LogP contribution in [0.25, 0.3) is 0 Å². The maximum absolute atomic E-state index is 14.0. The average Bonchev–Trinajstić information content (AvgIpc) is 3.01. The minimum atomic E-state index is -4.52. The largest absolute Gasteiger partial charge is 0.454 e. The fourth-order valence-electron chi connectivity index (χ4n) is 4.34. The number of para-hydroxylation sites is 2. The number of hydrogen-bond acceptors (Lipinski definition) is 4. The fourth-order valence-corrected chi connectivity index (χ4v) is 4.34. The molecule has 0 aliphatic carbocycles. The van der Waals surface area contributed by atoms with Crippen molar-refractivity contribution in [3.8, 4) is 11.5 Å². The van der Waals surface area contributed by atoms with Crippen LogP contribution in [0.2, 0.25) is 0 Å². The Morgan fingerprint density at radius 1 is 1.03 bits per heavy atom. The molecule has 0 radical (unpaired) electrons. The van der Waals surface area contributed by atoms with Crippen LogP contribution < -0.4 is 10.1 Å². The highest BCUT2D eigenvalue weighted by Gasteiger charge is 2.34. The standard InChI is InChI=1S/C26H22F4N4O2/c1-16-15-33(12-13-34(16)25(35)32-20-8-4-3-7-19(20)27)24-18-6-2-5-9-22(18)36-23-11-10-17(26(28,29)30)14-21(23)31-24/h2-11,14,16H,12-13,15H2,1H3,(H,32,35)/t16-/m0/s1. The Kier molecular flexibility index (Phi) is 6.03. The summed E-state index contributed by atoms with van der Waals surface area (Å²) in [5.74, 6) is 0.631. The van der Waals surface area contributed by atoms with Crippen molar-refractivity contribution in [2.24, 2.45) is 4.99 Å². The van der Waals surface area contributed by atoms with E-state index >= 15 is 0 Å². The molecule has 10 heteroatoms. The van der Waals surface area contributed by atoms with E-state index < -0.39 is 23.6 Å². The average molecular weight is 498 g/mol. The molecular weight excluding hydrogens is 476 g/mol. The van der Waals surface area contributed by atoms with Gasteiger partial charge in [0.25, 0.3) is 0 Å². The molecule has 0 bridgehead atoms. The minimum Gasteiger partial charge on any atom is -0.454 e. The van der Waals surface area contributed by atoms with E-state index in [1.54, 1.807) is 35.2 Å². The summed E-state index contributed by atoms with van der Waals surface area (Å²) in [6.45, 7) is 2.89. The third-order valence-electron chi connectivity index (χ3n) is 6.16. The number of carbonyl (C=O) groups is 1. The van der Waals surface area contributed by atoms with Gasteiger partial charge in [-0.25, -0.2) is 14.2 Å². The number of hydrogen-bond donors (Lipinski definition) is 1. The summed E-state index contributed by atoms with van der Waals surface area (Å²) in [5.41, 5.74) is -0.0162. The van der Waals surface area contributed by atoms with E-state index in [1.165, 1.54) is 24.3 Å². The van der Waals surface area contributed by atoms with Crippen molar-refractivity contribution in [2.75, 3.05) is 25.0 Å². The molecule has 1 saturated heterocycles. The number of benzene rings is 3. The summed E-state index contributed by atoms with van der Waals surface area (Å²) >= 11 is 0. The van der Waals surface area contributed by atoms with Gasteiger partial charge in [-0.15, -0.1) is 0 Å². The number of fused-ring (bicyclic) bond motifs is 2. The summed E-state index contributed by atoms with van der Waals surface area (Å²) in [4.78, 5) is 21.0. The molecule has 3 aromatic carbocycles. The van der Waals surface area contributed by atoms with Crippen LogP contribution in [-0.2, 0) is 6.18 Å². The molecule has 0 spiro atoms. The summed E-state index contributed by atoms with van der Waals surface area (Å²) in [6.07, 6.45) is -4.52. The van der Waals surface area contributed by atoms with Gasteiger partial charge in [0.05, 0.1) is 16.8 Å². The molecule has 3 aromatic rings. The zero-order valence-corrected chi connectivity index (χ0v) is 19.2. The van der Waals surface area contributed by atoms with Crippen molar-refractivity contribution in [3.63, 3.8) is 0 Å². The number of anilines is 1. The van der Waals surface area contributed by atoms with Crippen LogP contribution in [0, 0.1) is 5.82 Å². The number of urea groups is 1. The van der Waals surface area contributed by atoms with E-state index in [0.717, 1.165) is 12.1 Å². The lowest BCUT2D eigenvalue weighted by Crippen LogP contribution is -2.56. The Hall–Kier alpha value is -4.08. The second kappa shape index (κ2) is 9.18. The number of nitrogens with one attached hydrogen (secondary N) is 1. The molecular formula is C26H22F4N4O2. The third-order valence-corrected chi connectivity index (χ3v) is 6.16. The summed E-state index contributed by atoms with van der Waals surface area (Å²) in [7, 11) is 0. The van der Waals surface area contributed by atoms with Crippen LogP contribution in [0.3, 0.4) is 0 Å². The zero-order chi connectivity index (χ0) is 25.4. The summed E-state index contributed by atoms with van der Waals surface area (Å²) in [6, 6.07) is 15.5. The SMILES string of the molecule is C[C@H]1CN(C2=Nc3cc(C(F)(F)F)ccc3Oc3ccccc32)CCN1C(=O)Nc1ccccc1F. The van der Waals surface area contributed by atoms with E-state index in [0.29, 0.717) is 36.8 Å². The molecule has 2 aliphatic rings. The van der Waals surface area contributed by atoms with E-state index in [-0.39, 0.29) is 23.2 Å². The van der Waals surface area contributed by atoms with Gasteiger partial charge < -0.3 is 19.9 Å². The van der Waals surface area contributed by atoms with Crippen molar-refractivity contribution < 1.29 is 27.1 Å². The smallest absolute Gasteiger partial charge is 0.416 e. The van der Waals surface area contributed by atoms with Gasteiger partial charge in [-0.05, 0) is 49.4 Å². The lowest BCUT2D eigenvalue weighted by atomic mass is 10.1. The molecule has 1 atom stereocenters. The number of halogens is 4. The minimum absolute atomic E-state index is 0.0726. The highest BCUT2D eigenvalue weighted by Crippen LogP contribution is 2.41. The number of rotatable bonds is 1. The first kappa shape index (κ1) is 23.7. The van der Waals surface area contributed by atoms with E-state index in [2.05, 4.69) is 10.3 Å². The Morgan fingerprint density at radius 3 is 2.53 bits per heavy atom. The summed E-state index contributed by atoms with van der Waals surface area (Å²) in [5, 5.41) is 2.60. The normalized spacial score (nSPS) is 17.4. The maximum atomic E-state index is 14.0. The Bertz CT molecular complexity index is 1340. The molecule has 1 N–H and O–H groups in total. The van der Waals surface area contributed by atoms with Gasteiger partial charge in [0.1, 0.15) is 23.1 Å². The molecule has 186 valence electrons. The van der Waals surface area contributed by atoms with Crippen molar-refractivity contribution in [1.82, 2.24) is 9.80 Å². The number of alkyl halides is 3. The van der Waals surface area contributed by atoms with Crippen LogP contribution in [0.1, 0.15) is 18.1 Å². The van der Waals surface area contributed by atoms with Gasteiger partial charge in [-0.3, -0.25) is 0 Å². The van der Waals surface area contributed by atoms with Gasteiger partial charge in [-0.1, -0.05) is 24.3 Å². The topological polar surface area (TPSA) is 57.2 Å². The number of nitrogens with zero attached hydrogens (tertiary/aromatic N) is 3. The van der Waals surface area contributed by atoms with Crippen LogP contribution in [0.15, 0.2) is 71.7 Å². The van der Waals surface area contributed by atoms with E-state index in [4.69, 9.17) is 4.74 Å². The van der Waals surface area contributed by atoms with Crippen LogP contribution in [-0.4, -0.2) is 47.3 Å². The van der Waals surface area contributed by atoms with Crippen LogP contribution in [0.5, 0.6) is 11.5 Å². The molecule has 36 heavy (non-hydrogen) atoms. The maximum Gasteiger partial charge on any atom is 0.416 e. The Morgan fingerprint density at radius 2 is 1.78 bits per heavy atom. The predicted octanol–water partition coefficient (Wildman–Crippen LogP) is 6.27. The highest BCUT2D eigenvalue weighted by atomic mass is 19.4. The van der Waals surface area contributed by atoms with E-state index in [1.807, 2.05) is 11.8 Å². The lowest BCUT2D eigenvalue weighted by molar-refractivity contribution is -0.137. The second-order valence-electron chi connectivity index (χ2n) is 8.61. The van der Waals surface area contributed by atoms with Crippen LogP contribution >= 0.6 is 0 Å². The quantitative estimate of drug-likeness (QED) is 0.403. The molecule has 5 rings (SSSR count). The molecule has 2 amide bonds. The number of piperazine rings is 1. The van der Waals surface area contributed by atoms with Gasteiger partial charge in [0.15, 0.2) is 5.75 Å². The Labute approximate surface area is 204 Å². The number of amidine groups is 1. The van der Waals surface area contributed by atoms with Crippen molar-refractivity contribution in [2.45, 2.75) is 19.1 Å². The first-order valence-electron chi connectivity index (χ1n) is 11.3. The van der Waals surface area contributed by atoms with Gasteiger partial charge in [0, 0.05) is 25.7 Å². The molecule has 0 aromatic heterocycles. The van der Waals surface area contributed by atoms with Gasteiger partial charge >= 0.3 is 12.2 Å². The number of carbonyl (C=O) groups excluding carboxylic acids is 1. The molecule has 6 nitrogen and oxygen atoms in total. The number of amides is 2. The number of ether oxygens (including phenoxy) is 1. The van der Waals surface area contributed by atoms with E-state index in [9.17, 15) is 22.4 Å². The fraction of sp³-hybridized carbons (Fsp3) is 0.231. The molecule has 2 heterocycles.